The van der Waals surface area contributed by atoms with Crippen molar-refractivity contribution in [1.29, 1.82) is 0 Å². The van der Waals surface area contributed by atoms with Crippen LogP contribution >= 0.6 is 22.6 Å². The Hall–Kier alpha value is -1.89. The van der Waals surface area contributed by atoms with Gasteiger partial charge in [0.15, 0.2) is 11.9 Å². The van der Waals surface area contributed by atoms with Crippen LogP contribution in [0.5, 0.6) is 5.75 Å². The zero-order valence-corrected chi connectivity index (χ0v) is 14.5. The van der Waals surface area contributed by atoms with Gasteiger partial charge in [-0.3, -0.25) is 9.59 Å². The molecule has 0 bridgehead atoms. The summed E-state index contributed by atoms with van der Waals surface area (Å²) in [7, 11) is 0. The first-order valence-electron chi connectivity index (χ1n) is 6.80. The summed E-state index contributed by atoms with van der Waals surface area (Å²) in [5.41, 5.74) is 1.35. The lowest BCUT2D eigenvalue weighted by atomic mass is 10.1. The molecule has 0 heterocycles. The van der Waals surface area contributed by atoms with Gasteiger partial charge in [-0.1, -0.05) is 6.07 Å². The highest BCUT2D eigenvalue weighted by atomic mass is 127. The first-order valence-corrected chi connectivity index (χ1v) is 7.87. The number of hydrogen-bond acceptors (Lipinski definition) is 3. The molecule has 2 rings (SSSR count). The Bertz CT molecular complexity index is 683. The molecule has 1 unspecified atom stereocenters. The van der Waals surface area contributed by atoms with E-state index in [1.165, 1.54) is 6.92 Å². The van der Waals surface area contributed by atoms with Crippen molar-refractivity contribution in [2.75, 3.05) is 5.32 Å². The van der Waals surface area contributed by atoms with E-state index < -0.39 is 6.10 Å². The van der Waals surface area contributed by atoms with E-state index >= 15 is 0 Å². The lowest BCUT2D eigenvalue weighted by molar-refractivity contribution is -0.122. The number of carbonyl (C=O) groups is 2. The van der Waals surface area contributed by atoms with Crippen LogP contribution in [-0.4, -0.2) is 17.8 Å². The number of rotatable bonds is 5. The molecule has 2 aromatic rings. The second-order valence-electron chi connectivity index (χ2n) is 4.84. The van der Waals surface area contributed by atoms with E-state index in [0.717, 1.165) is 9.26 Å². The summed E-state index contributed by atoms with van der Waals surface area (Å²) in [5, 5.41) is 2.81. The largest absolute Gasteiger partial charge is 0.481 e. The monoisotopic (exact) mass is 409 g/mol. The molecule has 5 heteroatoms. The summed E-state index contributed by atoms with van der Waals surface area (Å²) in [6, 6.07) is 14.3. The van der Waals surface area contributed by atoms with Crippen LogP contribution in [0.25, 0.3) is 0 Å². The predicted octanol–water partition coefficient (Wildman–Crippen LogP) is 3.90. The molecule has 0 aliphatic heterocycles. The number of benzene rings is 2. The van der Waals surface area contributed by atoms with Crippen LogP contribution in [0.3, 0.4) is 0 Å². The second-order valence-corrected chi connectivity index (χ2v) is 6.09. The Morgan fingerprint density at radius 3 is 2.41 bits per heavy atom. The lowest BCUT2D eigenvalue weighted by Gasteiger charge is -2.15. The molecule has 0 spiro atoms. The van der Waals surface area contributed by atoms with Gasteiger partial charge in [0.2, 0.25) is 0 Å². The van der Waals surface area contributed by atoms with Crippen molar-refractivity contribution in [3.05, 3.63) is 57.7 Å². The van der Waals surface area contributed by atoms with Crippen LogP contribution in [0, 0.1) is 3.57 Å². The topological polar surface area (TPSA) is 55.4 Å². The van der Waals surface area contributed by atoms with Gasteiger partial charge in [-0.05, 0) is 78.9 Å². The van der Waals surface area contributed by atoms with Crippen LogP contribution < -0.4 is 10.1 Å². The highest BCUT2D eigenvalue weighted by Crippen LogP contribution is 2.16. The number of amides is 1. The summed E-state index contributed by atoms with van der Waals surface area (Å²) in [6.45, 7) is 3.19. The summed E-state index contributed by atoms with van der Waals surface area (Å²) in [4.78, 5) is 23.3. The lowest BCUT2D eigenvalue weighted by Crippen LogP contribution is -2.30. The minimum absolute atomic E-state index is 0.00368. The molecular weight excluding hydrogens is 393 g/mol. The minimum atomic E-state index is -0.638. The molecule has 2 aromatic carbocycles. The Labute approximate surface area is 143 Å². The van der Waals surface area contributed by atoms with Crippen molar-refractivity contribution in [2.24, 2.45) is 0 Å². The van der Waals surface area contributed by atoms with E-state index in [-0.39, 0.29) is 11.7 Å². The van der Waals surface area contributed by atoms with Crippen molar-refractivity contribution in [3.63, 3.8) is 0 Å². The molecule has 0 saturated heterocycles. The maximum absolute atomic E-state index is 12.1. The number of nitrogens with one attached hydrogen (secondary N) is 1. The SMILES string of the molecule is CC(=O)c1ccc(OC(C)C(=O)Nc2cccc(I)c2)cc1. The maximum atomic E-state index is 12.1. The van der Waals surface area contributed by atoms with Gasteiger partial charge < -0.3 is 10.1 Å². The summed E-state index contributed by atoms with van der Waals surface area (Å²) in [5.74, 6) is 0.323. The predicted molar refractivity (Wildman–Crippen MR) is 94.3 cm³/mol. The van der Waals surface area contributed by atoms with E-state index in [9.17, 15) is 9.59 Å². The number of carbonyl (C=O) groups excluding carboxylic acids is 2. The molecule has 0 aliphatic carbocycles. The Morgan fingerprint density at radius 1 is 1.14 bits per heavy atom. The standard InChI is InChI=1S/C17H16INO3/c1-11(20)13-6-8-16(9-7-13)22-12(2)17(21)19-15-5-3-4-14(18)10-15/h3-10,12H,1-2H3,(H,19,21). The fourth-order valence-electron chi connectivity index (χ4n) is 1.84. The Morgan fingerprint density at radius 2 is 1.82 bits per heavy atom. The Kier molecular flexibility index (Phi) is 5.54. The van der Waals surface area contributed by atoms with Crippen molar-refractivity contribution in [2.45, 2.75) is 20.0 Å². The van der Waals surface area contributed by atoms with Crippen LogP contribution in [0.1, 0.15) is 24.2 Å². The Balaban J connectivity index is 1.97. The third-order valence-electron chi connectivity index (χ3n) is 3.04. The molecule has 4 nitrogen and oxygen atoms in total. The molecule has 0 saturated carbocycles. The van der Waals surface area contributed by atoms with Crippen LogP contribution in [0.15, 0.2) is 48.5 Å². The van der Waals surface area contributed by atoms with E-state index in [4.69, 9.17) is 4.74 Å². The number of ketones is 1. The van der Waals surface area contributed by atoms with E-state index in [2.05, 4.69) is 27.9 Å². The molecule has 1 N–H and O–H groups in total. The number of anilines is 1. The van der Waals surface area contributed by atoms with E-state index in [1.807, 2.05) is 24.3 Å². The van der Waals surface area contributed by atoms with Gasteiger partial charge in [-0.15, -0.1) is 0 Å². The smallest absolute Gasteiger partial charge is 0.265 e. The van der Waals surface area contributed by atoms with Crippen molar-refractivity contribution in [1.82, 2.24) is 0 Å². The van der Waals surface area contributed by atoms with Gasteiger partial charge in [0, 0.05) is 14.8 Å². The third kappa shape index (κ3) is 4.56. The normalized spacial score (nSPS) is 11.6. The number of ether oxygens (including phenoxy) is 1. The second kappa shape index (κ2) is 7.40. The molecule has 0 aromatic heterocycles. The number of hydrogen-bond donors (Lipinski definition) is 1. The fourth-order valence-corrected chi connectivity index (χ4v) is 2.38. The van der Waals surface area contributed by atoms with Crippen LogP contribution in [0.4, 0.5) is 5.69 Å². The molecule has 0 fully saturated rings. The minimum Gasteiger partial charge on any atom is -0.481 e. The van der Waals surface area contributed by atoms with Gasteiger partial charge in [-0.25, -0.2) is 0 Å². The van der Waals surface area contributed by atoms with Gasteiger partial charge in [0.05, 0.1) is 0 Å². The quantitative estimate of drug-likeness (QED) is 0.602. The molecule has 0 radical (unpaired) electrons. The van der Waals surface area contributed by atoms with Crippen LogP contribution in [-0.2, 0) is 4.79 Å². The zero-order valence-electron chi connectivity index (χ0n) is 12.3. The summed E-state index contributed by atoms with van der Waals surface area (Å²) < 4.78 is 6.63. The van der Waals surface area contributed by atoms with E-state index in [1.54, 1.807) is 31.2 Å². The molecular formula is C17H16INO3. The number of halogens is 1. The average Bonchev–Trinajstić information content (AvgIpc) is 2.47. The molecule has 0 aliphatic rings. The first kappa shape index (κ1) is 16.5. The molecule has 22 heavy (non-hydrogen) atoms. The first-order chi connectivity index (χ1) is 10.5. The molecule has 1 amide bonds. The maximum Gasteiger partial charge on any atom is 0.265 e. The average molecular weight is 409 g/mol. The van der Waals surface area contributed by atoms with Gasteiger partial charge in [-0.2, -0.15) is 0 Å². The molecule has 114 valence electrons. The van der Waals surface area contributed by atoms with Gasteiger partial charge in [0.25, 0.3) is 5.91 Å². The fraction of sp³-hybridized carbons (Fsp3) is 0.176. The van der Waals surface area contributed by atoms with Crippen LogP contribution in [0.2, 0.25) is 0 Å². The van der Waals surface area contributed by atoms with Crippen molar-refractivity contribution in [3.8, 4) is 5.75 Å². The number of Topliss-reactive ketones (excluding diaryl/α,β-unsaturated/α-hetero) is 1. The highest BCUT2D eigenvalue weighted by molar-refractivity contribution is 14.1. The highest BCUT2D eigenvalue weighted by Gasteiger charge is 2.15. The third-order valence-corrected chi connectivity index (χ3v) is 3.71. The summed E-state index contributed by atoms with van der Waals surface area (Å²) >= 11 is 2.19. The van der Waals surface area contributed by atoms with Gasteiger partial charge >= 0.3 is 0 Å². The molecule has 1 atom stereocenters. The van der Waals surface area contributed by atoms with Gasteiger partial charge in [0.1, 0.15) is 5.75 Å². The van der Waals surface area contributed by atoms with E-state index in [0.29, 0.717) is 11.3 Å². The van der Waals surface area contributed by atoms with Crippen molar-refractivity contribution >= 4 is 40.0 Å². The zero-order chi connectivity index (χ0) is 16.1. The van der Waals surface area contributed by atoms with Crippen molar-refractivity contribution < 1.29 is 14.3 Å². The summed E-state index contributed by atoms with van der Waals surface area (Å²) in [6.07, 6.45) is -0.638.